The van der Waals surface area contributed by atoms with Crippen LogP contribution >= 0.6 is 0 Å². The Labute approximate surface area is 86.3 Å². The highest BCUT2D eigenvalue weighted by atomic mass is 16.6. The van der Waals surface area contributed by atoms with E-state index in [1.165, 1.54) is 6.42 Å². The quantitative estimate of drug-likeness (QED) is 0.501. The lowest BCUT2D eigenvalue weighted by atomic mass is 10.1. The van der Waals surface area contributed by atoms with E-state index in [9.17, 15) is 4.79 Å². The van der Waals surface area contributed by atoms with Gasteiger partial charge in [-0.05, 0) is 38.5 Å². The first-order chi connectivity index (χ1) is 6.21. The average Bonchev–Trinajstić information content (AvgIpc) is 2.51. The molecule has 80 valence electrons. The van der Waals surface area contributed by atoms with Crippen LogP contribution in [0.4, 0.5) is 0 Å². The van der Waals surface area contributed by atoms with E-state index in [0.717, 1.165) is 0 Å². The molecular weight excluding hydrogens is 176 g/mol. The number of carbonyl (C=O) groups is 1. The molecule has 1 saturated carbocycles. The van der Waals surface area contributed by atoms with Gasteiger partial charge in [0.15, 0.2) is 0 Å². The molecule has 2 heteroatoms. The third-order valence-electron chi connectivity index (χ3n) is 2.46. The third-order valence-corrected chi connectivity index (χ3v) is 2.46. The maximum absolute atomic E-state index is 11.3. The molecule has 14 heavy (non-hydrogen) atoms. The first-order valence-corrected chi connectivity index (χ1v) is 5.12. The van der Waals surface area contributed by atoms with Gasteiger partial charge in [0.1, 0.15) is 5.60 Å². The predicted octanol–water partition coefficient (Wildman–Crippen LogP) is 2.93. The summed E-state index contributed by atoms with van der Waals surface area (Å²) in [6.45, 7) is 10.0. The lowest BCUT2D eigenvalue weighted by molar-refractivity contribution is -0.148. The Morgan fingerprint density at radius 2 is 1.93 bits per heavy atom. The molecule has 0 aromatic carbocycles. The van der Waals surface area contributed by atoms with Crippen LogP contribution in [0.25, 0.3) is 0 Å². The van der Waals surface area contributed by atoms with Gasteiger partial charge in [0, 0.05) is 6.08 Å². The van der Waals surface area contributed by atoms with Crippen LogP contribution in [0.3, 0.4) is 0 Å². The molecule has 2 nitrogen and oxygen atoms in total. The monoisotopic (exact) mass is 196 g/mol. The normalized spacial score (nSPS) is 25.1. The molecule has 0 aromatic rings. The maximum Gasteiger partial charge on any atom is 0.330 e. The molecular formula is C12H20O2. The zero-order chi connectivity index (χ0) is 11.0. The molecule has 0 bridgehead atoms. The minimum atomic E-state index is -0.388. The number of rotatable bonds is 2. The summed E-state index contributed by atoms with van der Waals surface area (Å²) < 4.78 is 5.16. The fraction of sp³-hybridized carbons (Fsp3) is 0.750. The smallest absolute Gasteiger partial charge is 0.330 e. The van der Waals surface area contributed by atoms with Crippen LogP contribution in [-0.4, -0.2) is 11.6 Å². The number of allylic oxidation sites excluding steroid dienone is 1. The molecule has 0 radical (unpaired) electrons. The van der Waals surface area contributed by atoms with Crippen molar-refractivity contribution in [1.82, 2.24) is 0 Å². The summed E-state index contributed by atoms with van der Waals surface area (Å²) in [5.74, 6) is 0.315. The number of hydrogen-bond donors (Lipinski definition) is 0. The highest BCUT2D eigenvalue weighted by Crippen LogP contribution is 2.52. The van der Waals surface area contributed by atoms with E-state index in [0.29, 0.717) is 11.3 Å². The Kier molecular flexibility index (Phi) is 2.75. The summed E-state index contributed by atoms with van der Waals surface area (Å²) in [5.41, 5.74) is -0.000987. The topological polar surface area (TPSA) is 26.3 Å². The van der Waals surface area contributed by atoms with Crippen LogP contribution in [-0.2, 0) is 9.53 Å². The lowest BCUT2D eigenvalue weighted by Crippen LogP contribution is -2.22. The van der Waals surface area contributed by atoms with Crippen molar-refractivity contribution in [3.05, 3.63) is 12.2 Å². The molecule has 0 aromatic heterocycles. The van der Waals surface area contributed by atoms with Crippen molar-refractivity contribution < 1.29 is 9.53 Å². The van der Waals surface area contributed by atoms with Crippen molar-refractivity contribution in [3.63, 3.8) is 0 Å². The summed E-state index contributed by atoms with van der Waals surface area (Å²) in [6, 6.07) is 0. The summed E-state index contributed by atoms with van der Waals surface area (Å²) in [5, 5.41) is 0. The highest BCUT2D eigenvalue weighted by molar-refractivity contribution is 5.82. The van der Waals surface area contributed by atoms with Crippen LogP contribution in [0.2, 0.25) is 0 Å². The van der Waals surface area contributed by atoms with Gasteiger partial charge in [-0.25, -0.2) is 4.79 Å². The zero-order valence-electron chi connectivity index (χ0n) is 9.76. The molecule has 0 saturated heterocycles. The number of ether oxygens (including phenoxy) is 1. The summed E-state index contributed by atoms with van der Waals surface area (Å²) in [7, 11) is 0. The zero-order valence-corrected chi connectivity index (χ0v) is 9.76. The van der Waals surface area contributed by atoms with Gasteiger partial charge < -0.3 is 4.74 Å². The predicted molar refractivity (Wildman–Crippen MR) is 56.9 cm³/mol. The molecule has 0 heterocycles. The lowest BCUT2D eigenvalue weighted by Gasteiger charge is -2.17. The molecule has 0 spiro atoms. The molecule has 1 unspecified atom stereocenters. The number of carbonyl (C=O) groups excluding carboxylic acids is 1. The Morgan fingerprint density at radius 3 is 2.29 bits per heavy atom. The third kappa shape index (κ3) is 3.52. The summed E-state index contributed by atoms with van der Waals surface area (Å²) in [6.07, 6.45) is 4.70. The van der Waals surface area contributed by atoms with Crippen molar-refractivity contribution >= 4 is 5.97 Å². The van der Waals surface area contributed by atoms with Crippen molar-refractivity contribution in [3.8, 4) is 0 Å². The van der Waals surface area contributed by atoms with Gasteiger partial charge in [0.05, 0.1) is 0 Å². The minimum absolute atomic E-state index is 0.236. The van der Waals surface area contributed by atoms with Gasteiger partial charge >= 0.3 is 5.97 Å². The second-order valence-corrected chi connectivity index (χ2v) is 5.69. The molecule has 0 aliphatic heterocycles. The Bertz CT molecular complexity index is 256. The van der Waals surface area contributed by atoms with E-state index in [1.54, 1.807) is 6.08 Å². The SMILES string of the molecule is CC(C)(C)OC(=O)/C=C\C1CC1(C)C. The Hall–Kier alpha value is -0.790. The number of hydrogen-bond acceptors (Lipinski definition) is 2. The second kappa shape index (κ2) is 3.41. The van der Waals surface area contributed by atoms with Crippen molar-refractivity contribution in [2.24, 2.45) is 11.3 Å². The molecule has 1 fully saturated rings. The van der Waals surface area contributed by atoms with E-state index in [2.05, 4.69) is 13.8 Å². The van der Waals surface area contributed by atoms with E-state index >= 15 is 0 Å². The van der Waals surface area contributed by atoms with E-state index < -0.39 is 0 Å². The Balaban J connectivity index is 2.35. The molecule has 0 N–H and O–H groups in total. The van der Waals surface area contributed by atoms with Crippen LogP contribution in [0.5, 0.6) is 0 Å². The van der Waals surface area contributed by atoms with E-state index in [-0.39, 0.29) is 11.6 Å². The summed E-state index contributed by atoms with van der Waals surface area (Å²) >= 11 is 0. The van der Waals surface area contributed by atoms with Crippen molar-refractivity contribution in [1.29, 1.82) is 0 Å². The summed E-state index contributed by atoms with van der Waals surface area (Å²) in [4.78, 5) is 11.3. The first-order valence-electron chi connectivity index (χ1n) is 5.12. The second-order valence-electron chi connectivity index (χ2n) is 5.69. The van der Waals surface area contributed by atoms with Crippen molar-refractivity contribution in [2.75, 3.05) is 0 Å². The van der Waals surface area contributed by atoms with Crippen molar-refractivity contribution in [2.45, 2.75) is 46.6 Å². The van der Waals surface area contributed by atoms with Crippen LogP contribution in [0, 0.1) is 11.3 Å². The van der Waals surface area contributed by atoms with Gasteiger partial charge in [0.25, 0.3) is 0 Å². The Morgan fingerprint density at radius 1 is 1.43 bits per heavy atom. The maximum atomic E-state index is 11.3. The van der Waals surface area contributed by atoms with Crippen LogP contribution in [0.15, 0.2) is 12.2 Å². The first kappa shape index (κ1) is 11.3. The van der Waals surface area contributed by atoms with E-state index in [1.807, 2.05) is 26.8 Å². The number of esters is 1. The molecule has 1 rings (SSSR count). The van der Waals surface area contributed by atoms with Gasteiger partial charge in [0.2, 0.25) is 0 Å². The van der Waals surface area contributed by atoms with Crippen LogP contribution < -0.4 is 0 Å². The van der Waals surface area contributed by atoms with Gasteiger partial charge in [-0.2, -0.15) is 0 Å². The standard InChI is InChI=1S/C12H20O2/c1-11(2,3)14-10(13)7-6-9-8-12(9,4)5/h6-7,9H,8H2,1-5H3/b7-6-. The molecule has 0 amide bonds. The highest BCUT2D eigenvalue weighted by Gasteiger charge is 2.43. The molecule has 1 aliphatic rings. The molecule has 1 atom stereocenters. The van der Waals surface area contributed by atoms with Gasteiger partial charge in [-0.1, -0.05) is 19.9 Å². The largest absolute Gasteiger partial charge is 0.457 e. The fourth-order valence-electron chi connectivity index (χ4n) is 1.37. The molecule has 1 aliphatic carbocycles. The fourth-order valence-corrected chi connectivity index (χ4v) is 1.37. The van der Waals surface area contributed by atoms with E-state index in [4.69, 9.17) is 4.74 Å². The van der Waals surface area contributed by atoms with Gasteiger partial charge in [-0.15, -0.1) is 0 Å². The van der Waals surface area contributed by atoms with Crippen LogP contribution in [0.1, 0.15) is 41.0 Å². The van der Waals surface area contributed by atoms with Gasteiger partial charge in [-0.3, -0.25) is 0 Å². The average molecular weight is 196 g/mol. The minimum Gasteiger partial charge on any atom is -0.457 e.